The van der Waals surface area contributed by atoms with E-state index in [-0.39, 0.29) is 18.0 Å². The van der Waals surface area contributed by atoms with E-state index in [1.165, 1.54) is 6.92 Å². The fourth-order valence-corrected chi connectivity index (χ4v) is 3.12. The summed E-state index contributed by atoms with van der Waals surface area (Å²) in [5.41, 5.74) is 1.73. The van der Waals surface area contributed by atoms with Gasteiger partial charge < -0.3 is 9.26 Å². The van der Waals surface area contributed by atoms with Gasteiger partial charge in [-0.15, -0.1) is 0 Å². The van der Waals surface area contributed by atoms with E-state index >= 15 is 0 Å². The summed E-state index contributed by atoms with van der Waals surface area (Å²) in [4.78, 5) is 11.0. The number of ether oxygens (including phenoxy) is 1. The first-order valence-corrected chi connectivity index (χ1v) is 10.3. The summed E-state index contributed by atoms with van der Waals surface area (Å²) >= 11 is 0. The summed E-state index contributed by atoms with van der Waals surface area (Å²) < 4.78 is 10.7. The number of aromatic nitrogens is 1. The lowest BCUT2D eigenvalue weighted by molar-refractivity contribution is -0.142. The Morgan fingerprint density at radius 1 is 1.32 bits per heavy atom. The van der Waals surface area contributed by atoms with Crippen molar-refractivity contribution in [2.24, 2.45) is 0 Å². The number of esters is 1. The highest BCUT2D eigenvalue weighted by molar-refractivity contribution is 6.75. The molecule has 0 aromatic carbocycles. The number of hydrogen-bond donors (Lipinski definition) is 0. The Morgan fingerprint density at radius 3 is 2.32 bits per heavy atom. The summed E-state index contributed by atoms with van der Waals surface area (Å²) in [6.07, 6.45) is 0. The lowest BCUT2D eigenvalue weighted by Gasteiger charge is -2.18. The zero-order valence-electron chi connectivity index (χ0n) is 13.1. The Balaban J connectivity index is 3.10. The third-order valence-corrected chi connectivity index (χ3v) is 4.07. The van der Waals surface area contributed by atoms with Crippen LogP contribution in [0.15, 0.2) is 4.52 Å². The Bertz CT molecular complexity index is 452. The van der Waals surface area contributed by atoms with Crippen LogP contribution in [0, 0.1) is 0 Å². The second kappa shape index (κ2) is 5.49. The lowest BCUT2D eigenvalue weighted by Crippen LogP contribution is -2.25. The maximum absolute atomic E-state index is 11.0. The largest absolute Gasteiger partial charge is 0.461 e. The molecule has 1 aromatic heterocycles. The fraction of sp³-hybridized carbons (Fsp3) is 0.714. The van der Waals surface area contributed by atoms with Crippen LogP contribution in [0.5, 0.6) is 0 Å². The number of rotatable bonds is 4. The highest BCUT2D eigenvalue weighted by atomic mass is 28.3. The first-order valence-electron chi connectivity index (χ1n) is 6.62. The van der Waals surface area contributed by atoms with Gasteiger partial charge in [-0.1, -0.05) is 45.6 Å². The van der Waals surface area contributed by atoms with E-state index in [1.807, 2.05) is 0 Å². The summed E-state index contributed by atoms with van der Waals surface area (Å²) in [6, 6.07) is 0.909. The molecule has 5 heteroatoms. The van der Waals surface area contributed by atoms with Gasteiger partial charge >= 0.3 is 5.97 Å². The molecule has 0 saturated carbocycles. The van der Waals surface area contributed by atoms with Crippen LogP contribution in [0.2, 0.25) is 19.6 Å². The molecule has 0 aliphatic carbocycles. The van der Waals surface area contributed by atoms with Gasteiger partial charge in [-0.05, 0) is 0 Å². The molecule has 0 unspecified atom stereocenters. The second-order valence-electron chi connectivity index (χ2n) is 7.20. The molecule has 4 nitrogen and oxygen atoms in total. The van der Waals surface area contributed by atoms with Crippen molar-refractivity contribution in [2.45, 2.75) is 65.4 Å². The van der Waals surface area contributed by atoms with Crippen LogP contribution in [0.3, 0.4) is 0 Å². The smallest absolute Gasteiger partial charge is 0.302 e. The standard InChI is InChI=1S/C14H25NO3Si/c1-10(16)17-8-11-12(9-19(5,6)7)18-15-13(11)14(2,3)4/h8-9H2,1-7H3. The van der Waals surface area contributed by atoms with Crippen molar-refractivity contribution in [3.8, 4) is 0 Å². The Morgan fingerprint density at radius 2 is 1.89 bits per heavy atom. The number of hydrogen-bond acceptors (Lipinski definition) is 4. The van der Waals surface area contributed by atoms with E-state index in [0.29, 0.717) is 0 Å². The molecule has 0 bridgehead atoms. The lowest BCUT2D eigenvalue weighted by atomic mass is 9.89. The van der Waals surface area contributed by atoms with Crippen LogP contribution in [0.4, 0.5) is 0 Å². The van der Waals surface area contributed by atoms with Crippen molar-refractivity contribution < 1.29 is 14.1 Å². The van der Waals surface area contributed by atoms with E-state index in [9.17, 15) is 4.79 Å². The van der Waals surface area contributed by atoms with Gasteiger partial charge in [0.25, 0.3) is 0 Å². The first-order chi connectivity index (χ1) is 8.50. The van der Waals surface area contributed by atoms with Crippen molar-refractivity contribution in [2.75, 3.05) is 0 Å². The van der Waals surface area contributed by atoms with Gasteiger partial charge in [0.05, 0.1) is 19.3 Å². The van der Waals surface area contributed by atoms with Crippen molar-refractivity contribution in [1.82, 2.24) is 5.16 Å². The van der Waals surface area contributed by atoms with Gasteiger partial charge in [0.1, 0.15) is 12.4 Å². The molecule has 0 radical (unpaired) electrons. The number of carbonyl (C=O) groups excluding carboxylic acids is 1. The van der Waals surface area contributed by atoms with Gasteiger partial charge in [-0.2, -0.15) is 0 Å². The number of carbonyl (C=O) groups is 1. The highest BCUT2D eigenvalue weighted by Crippen LogP contribution is 2.29. The average molecular weight is 283 g/mol. The molecule has 1 rings (SSSR count). The van der Waals surface area contributed by atoms with Crippen LogP contribution in [0.25, 0.3) is 0 Å². The van der Waals surface area contributed by atoms with Crippen molar-refractivity contribution in [1.29, 1.82) is 0 Å². The van der Waals surface area contributed by atoms with Gasteiger partial charge in [0, 0.05) is 18.4 Å². The van der Waals surface area contributed by atoms with Crippen LogP contribution in [0.1, 0.15) is 44.7 Å². The van der Waals surface area contributed by atoms with Crippen molar-refractivity contribution in [3.63, 3.8) is 0 Å². The van der Waals surface area contributed by atoms with Crippen molar-refractivity contribution in [3.05, 3.63) is 17.0 Å². The Hall–Kier alpha value is -1.10. The normalized spacial score (nSPS) is 12.6. The minimum Gasteiger partial charge on any atom is -0.461 e. The van der Waals surface area contributed by atoms with Gasteiger partial charge in [-0.3, -0.25) is 4.79 Å². The highest BCUT2D eigenvalue weighted by Gasteiger charge is 2.29. The first kappa shape index (κ1) is 16.0. The van der Waals surface area contributed by atoms with E-state index in [1.54, 1.807) is 0 Å². The summed E-state index contributed by atoms with van der Waals surface area (Å²) in [5.74, 6) is 0.602. The summed E-state index contributed by atoms with van der Waals surface area (Å²) in [6.45, 7) is 14.8. The molecule has 0 amide bonds. The Kier molecular flexibility index (Phi) is 4.61. The van der Waals surface area contributed by atoms with Gasteiger partial charge in [0.15, 0.2) is 0 Å². The van der Waals surface area contributed by atoms with Gasteiger partial charge in [0.2, 0.25) is 0 Å². The predicted molar refractivity (Wildman–Crippen MR) is 77.7 cm³/mol. The SMILES string of the molecule is CC(=O)OCc1c(C(C)(C)C)noc1C[Si](C)(C)C. The van der Waals surface area contributed by atoms with E-state index in [0.717, 1.165) is 23.1 Å². The zero-order valence-corrected chi connectivity index (χ0v) is 14.1. The third-order valence-electron chi connectivity index (χ3n) is 2.69. The van der Waals surface area contributed by atoms with Crippen LogP contribution in [-0.2, 0) is 27.6 Å². The average Bonchev–Trinajstić information content (AvgIpc) is 2.54. The third kappa shape index (κ3) is 4.82. The molecule has 19 heavy (non-hydrogen) atoms. The zero-order chi connectivity index (χ0) is 14.8. The minimum atomic E-state index is -1.31. The summed E-state index contributed by atoms with van der Waals surface area (Å²) in [7, 11) is -1.31. The molecule has 1 heterocycles. The molecule has 0 N–H and O–H groups in total. The molecular weight excluding hydrogens is 258 g/mol. The van der Waals surface area contributed by atoms with E-state index in [4.69, 9.17) is 9.26 Å². The molecular formula is C14H25NO3Si. The van der Waals surface area contributed by atoms with E-state index in [2.05, 4.69) is 45.6 Å². The predicted octanol–water partition coefficient (Wildman–Crippen LogP) is 3.46. The van der Waals surface area contributed by atoms with Crippen LogP contribution in [-0.4, -0.2) is 19.2 Å². The maximum Gasteiger partial charge on any atom is 0.302 e. The van der Waals surface area contributed by atoms with Crippen molar-refractivity contribution >= 4 is 14.0 Å². The molecule has 0 aliphatic rings. The molecule has 0 aliphatic heterocycles. The summed E-state index contributed by atoms with van der Waals surface area (Å²) in [5, 5.41) is 4.21. The monoisotopic (exact) mass is 283 g/mol. The topological polar surface area (TPSA) is 52.3 Å². The minimum absolute atomic E-state index is 0.114. The van der Waals surface area contributed by atoms with E-state index < -0.39 is 8.07 Å². The molecule has 0 saturated heterocycles. The van der Waals surface area contributed by atoms with Crippen LogP contribution >= 0.6 is 0 Å². The van der Waals surface area contributed by atoms with Gasteiger partial charge in [-0.25, -0.2) is 0 Å². The maximum atomic E-state index is 11.0. The molecule has 0 spiro atoms. The molecule has 0 atom stereocenters. The molecule has 0 fully saturated rings. The quantitative estimate of drug-likeness (QED) is 0.627. The molecule has 108 valence electrons. The van der Waals surface area contributed by atoms with Crippen LogP contribution < -0.4 is 0 Å². The Labute approximate surface area is 116 Å². The second-order valence-corrected chi connectivity index (χ2v) is 12.7. The number of nitrogens with zero attached hydrogens (tertiary/aromatic N) is 1. The fourth-order valence-electron chi connectivity index (χ4n) is 1.88. The molecule has 1 aromatic rings.